The highest BCUT2D eigenvalue weighted by molar-refractivity contribution is 5.66. The van der Waals surface area contributed by atoms with Crippen molar-refractivity contribution in [3.05, 3.63) is 17.5 Å². The third-order valence-electron chi connectivity index (χ3n) is 1.67. The van der Waals surface area contributed by atoms with Gasteiger partial charge >= 0.3 is 12.1 Å². The van der Waals surface area contributed by atoms with Gasteiger partial charge in [-0.25, -0.2) is 0 Å². The topological polar surface area (TPSA) is 78.9 Å². The van der Waals surface area contributed by atoms with Crippen LogP contribution < -0.4 is 0 Å². The molecule has 0 fully saturated rings. The Hall–Kier alpha value is -2.04. The molecular weight excluding hydrogens is 227 g/mol. The zero-order chi connectivity index (χ0) is 12.3. The zero-order valence-electron chi connectivity index (χ0n) is 7.82. The number of aliphatic carboxylic acids is 1. The van der Waals surface area contributed by atoms with E-state index in [0.717, 1.165) is 6.20 Å². The van der Waals surface area contributed by atoms with Gasteiger partial charge in [-0.1, -0.05) is 0 Å². The van der Waals surface area contributed by atoms with Crippen molar-refractivity contribution in [2.75, 3.05) is 0 Å². The lowest BCUT2D eigenvalue weighted by molar-refractivity contribution is -0.143. The first-order chi connectivity index (χ1) is 7.34. The quantitative estimate of drug-likeness (QED) is 0.846. The van der Waals surface area contributed by atoms with Crippen molar-refractivity contribution in [3.8, 4) is 6.07 Å². The number of aromatic nitrogens is 2. The van der Waals surface area contributed by atoms with E-state index in [0.29, 0.717) is 4.68 Å². The summed E-state index contributed by atoms with van der Waals surface area (Å²) in [7, 11) is 0. The van der Waals surface area contributed by atoms with Crippen molar-refractivity contribution in [2.24, 2.45) is 0 Å². The molecule has 0 radical (unpaired) electrons. The Balaban J connectivity index is 3.11. The van der Waals surface area contributed by atoms with Crippen LogP contribution in [-0.4, -0.2) is 20.9 Å². The Morgan fingerprint density at radius 2 is 2.25 bits per heavy atom. The lowest BCUT2D eigenvalue weighted by Crippen LogP contribution is -2.12. The second-order valence-corrected chi connectivity index (χ2v) is 2.93. The van der Waals surface area contributed by atoms with Crippen molar-refractivity contribution in [1.82, 2.24) is 9.78 Å². The molecule has 0 aliphatic carbocycles. The average Bonchev–Trinajstić information content (AvgIpc) is 2.46. The van der Waals surface area contributed by atoms with Crippen molar-refractivity contribution in [2.45, 2.75) is 19.1 Å². The average molecular weight is 233 g/mol. The van der Waals surface area contributed by atoms with Gasteiger partial charge in [-0.3, -0.25) is 9.48 Å². The van der Waals surface area contributed by atoms with Crippen molar-refractivity contribution in [3.63, 3.8) is 0 Å². The first kappa shape index (κ1) is 12.0. The number of hydrogen-bond acceptors (Lipinski definition) is 3. The first-order valence-electron chi connectivity index (χ1n) is 4.07. The third-order valence-corrected chi connectivity index (χ3v) is 1.67. The van der Waals surface area contributed by atoms with Crippen LogP contribution >= 0.6 is 0 Å². The van der Waals surface area contributed by atoms with E-state index >= 15 is 0 Å². The van der Waals surface area contributed by atoms with Crippen molar-refractivity contribution in [1.29, 1.82) is 5.26 Å². The van der Waals surface area contributed by atoms with Gasteiger partial charge in [0, 0.05) is 11.8 Å². The molecule has 0 saturated carbocycles. The number of halogens is 3. The normalized spacial score (nSPS) is 11.1. The van der Waals surface area contributed by atoms with Gasteiger partial charge in [0.2, 0.25) is 0 Å². The van der Waals surface area contributed by atoms with Crippen LogP contribution in [-0.2, 0) is 23.9 Å². The van der Waals surface area contributed by atoms with Gasteiger partial charge in [0.15, 0.2) is 5.69 Å². The van der Waals surface area contributed by atoms with Crippen LogP contribution in [0.15, 0.2) is 6.20 Å². The summed E-state index contributed by atoms with van der Waals surface area (Å²) in [5, 5.41) is 19.8. The summed E-state index contributed by atoms with van der Waals surface area (Å²) >= 11 is 0. The Bertz CT molecular complexity index is 444. The minimum absolute atomic E-state index is 0.323. The summed E-state index contributed by atoms with van der Waals surface area (Å²) < 4.78 is 37.8. The van der Waals surface area contributed by atoms with Crippen LogP contribution in [0.1, 0.15) is 11.3 Å². The van der Waals surface area contributed by atoms with Crippen LogP contribution in [0.2, 0.25) is 0 Å². The molecule has 0 aliphatic rings. The molecule has 5 nitrogen and oxygen atoms in total. The molecule has 0 aliphatic heterocycles. The molecule has 0 unspecified atom stereocenters. The molecule has 0 bridgehead atoms. The minimum Gasteiger partial charge on any atom is -0.480 e. The predicted molar refractivity (Wildman–Crippen MR) is 44.2 cm³/mol. The Kier molecular flexibility index (Phi) is 3.17. The fourth-order valence-corrected chi connectivity index (χ4v) is 1.14. The van der Waals surface area contributed by atoms with E-state index in [1.807, 2.05) is 0 Å². The number of carboxylic acids is 1. The Morgan fingerprint density at radius 3 is 2.69 bits per heavy atom. The number of carbonyl (C=O) groups is 1. The molecule has 1 aromatic rings. The molecule has 0 atom stereocenters. The number of rotatable bonds is 3. The second kappa shape index (κ2) is 4.22. The van der Waals surface area contributed by atoms with Crippen molar-refractivity contribution < 1.29 is 23.1 Å². The van der Waals surface area contributed by atoms with E-state index in [2.05, 4.69) is 5.10 Å². The molecule has 86 valence electrons. The van der Waals surface area contributed by atoms with Gasteiger partial charge in [-0.2, -0.15) is 23.5 Å². The number of hydrogen-bond donors (Lipinski definition) is 1. The van der Waals surface area contributed by atoms with Gasteiger partial charge in [0.05, 0.1) is 12.5 Å². The zero-order valence-corrected chi connectivity index (χ0v) is 7.82. The highest BCUT2D eigenvalue weighted by atomic mass is 19.4. The highest BCUT2D eigenvalue weighted by Crippen LogP contribution is 2.30. The van der Waals surface area contributed by atoms with Gasteiger partial charge in [-0.05, 0) is 0 Å². The molecule has 8 heteroatoms. The van der Waals surface area contributed by atoms with Gasteiger partial charge in [0.1, 0.15) is 6.54 Å². The maximum Gasteiger partial charge on any atom is 0.435 e. The van der Waals surface area contributed by atoms with Gasteiger partial charge in [-0.15, -0.1) is 0 Å². The van der Waals surface area contributed by atoms with E-state index in [1.165, 1.54) is 0 Å². The molecule has 1 aromatic heterocycles. The summed E-state index contributed by atoms with van der Waals surface area (Å²) in [6.45, 7) is -0.672. The molecule has 16 heavy (non-hydrogen) atoms. The van der Waals surface area contributed by atoms with E-state index in [9.17, 15) is 18.0 Å². The minimum atomic E-state index is -4.68. The highest BCUT2D eigenvalue weighted by Gasteiger charge is 2.37. The summed E-state index contributed by atoms with van der Waals surface area (Å²) in [5.74, 6) is -1.31. The summed E-state index contributed by atoms with van der Waals surface area (Å²) in [4.78, 5) is 10.3. The van der Waals surface area contributed by atoms with E-state index < -0.39 is 30.8 Å². The Labute approximate surface area is 87.7 Å². The third kappa shape index (κ3) is 2.73. The molecule has 0 spiro atoms. The number of nitrogens with zero attached hydrogens (tertiary/aromatic N) is 3. The molecule has 0 amide bonds. The smallest absolute Gasteiger partial charge is 0.435 e. The lowest BCUT2D eigenvalue weighted by Gasteiger charge is -2.02. The summed E-state index contributed by atoms with van der Waals surface area (Å²) in [6.07, 6.45) is -4.23. The van der Waals surface area contributed by atoms with Crippen LogP contribution in [0.5, 0.6) is 0 Å². The predicted octanol–water partition coefficient (Wildman–Crippen LogP) is 1.05. The monoisotopic (exact) mass is 233 g/mol. The van der Waals surface area contributed by atoms with Crippen LogP contribution in [0.3, 0.4) is 0 Å². The Morgan fingerprint density at radius 1 is 1.62 bits per heavy atom. The second-order valence-electron chi connectivity index (χ2n) is 2.93. The SMILES string of the molecule is N#CCc1cn(CC(=O)O)nc1C(F)(F)F. The molecule has 1 N–H and O–H groups in total. The lowest BCUT2D eigenvalue weighted by atomic mass is 10.2. The van der Waals surface area contributed by atoms with Crippen LogP contribution in [0.4, 0.5) is 13.2 Å². The number of nitriles is 1. The maximum absolute atomic E-state index is 12.4. The summed E-state index contributed by atoms with van der Waals surface area (Å²) in [5.41, 5.74) is -1.54. The number of carboxylic acid groups (broad SMARTS) is 1. The maximum atomic E-state index is 12.4. The molecule has 1 heterocycles. The number of alkyl halides is 3. The fourth-order valence-electron chi connectivity index (χ4n) is 1.14. The first-order valence-corrected chi connectivity index (χ1v) is 4.07. The summed E-state index contributed by atoms with van der Waals surface area (Å²) in [6, 6.07) is 1.56. The molecule has 0 aromatic carbocycles. The molecule has 0 saturated heterocycles. The fraction of sp³-hybridized carbons (Fsp3) is 0.375. The standard InChI is InChI=1S/C8H6F3N3O2/c9-8(10,11)7-5(1-2-12)3-14(13-7)4-6(15)16/h3H,1,4H2,(H,15,16). The van der Waals surface area contributed by atoms with Crippen molar-refractivity contribution >= 4 is 5.97 Å². The van der Waals surface area contributed by atoms with Gasteiger partial charge in [0.25, 0.3) is 0 Å². The van der Waals surface area contributed by atoms with Crippen LogP contribution in [0, 0.1) is 11.3 Å². The van der Waals surface area contributed by atoms with E-state index in [4.69, 9.17) is 10.4 Å². The van der Waals surface area contributed by atoms with E-state index in [-0.39, 0.29) is 5.56 Å². The van der Waals surface area contributed by atoms with E-state index in [1.54, 1.807) is 6.07 Å². The van der Waals surface area contributed by atoms with Crippen LogP contribution in [0.25, 0.3) is 0 Å². The molecular formula is C8H6F3N3O2. The van der Waals surface area contributed by atoms with Gasteiger partial charge < -0.3 is 5.11 Å². The molecule has 1 rings (SSSR count). The largest absolute Gasteiger partial charge is 0.480 e.